The molecule has 186 valence electrons. The largest absolute Gasteiger partial charge is 0.459 e. The molecule has 1 aromatic carbocycles. The third-order valence-corrected chi connectivity index (χ3v) is 8.35. The number of aliphatic hydroxyl groups excluding tert-OH is 1. The molecule has 2 saturated heterocycles. The second-order valence-corrected chi connectivity index (χ2v) is 10.6. The summed E-state index contributed by atoms with van der Waals surface area (Å²) in [5.41, 5.74) is 1.94. The van der Waals surface area contributed by atoms with Gasteiger partial charge >= 0.3 is 0 Å². The van der Waals surface area contributed by atoms with Gasteiger partial charge in [-0.15, -0.1) is 0 Å². The quantitative estimate of drug-likeness (QED) is 0.649. The van der Waals surface area contributed by atoms with Gasteiger partial charge in [0.2, 0.25) is 6.29 Å². The molecule has 0 unspecified atom stereocenters. The fraction of sp³-hybridized carbons (Fsp3) is 0.679. The summed E-state index contributed by atoms with van der Waals surface area (Å²) < 4.78 is 12.3. The number of nitrogens with zero attached hydrogens (tertiary/aromatic N) is 2. The molecule has 1 aliphatic carbocycles. The fourth-order valence-electron chi connectivity index (χ4n) is 5.94. The Morgan fingerprint density at radius 2 is 1.65 bits per heavy atom. The summed E-state index contributed by atoms with van der Waals surface area (Å²) in [5, 5.41) is 9.25. The summed E-state index contributed by atoms with van der Waals surface area (Å²) >= 11 is 0. The second-order valence-electron chi connectivity index (χ2n) is 10.6. The molecule has 1 aromatic rings. The minimum Gasteiger partial charge on any atom is -0.459 e. The SMILES string of the molecule is O=C(C1=C[C@@H](C2CCC2)C[C@@H](OCc2ccc(CO)cc2)O1)N1CCC(N2CCCCC2)CC1. The summed E-state index contributed by atoms with van der Waals surface area (Å²) in [6.45, 7) is 4.56. The van der Waals surface area contributed by atoms with Gasteiger partial charge in [0.1, 0.15) is 0 Å². The van der Waals surface area contributed by atoms with E-state index in [9.17, 15) is 9.90 Å². The summed E-state index contributed by atoms with van der Waals surface area (Å²) in [7, 11) is 0. The van der Waals surface area contributed by atoms with Crippen LogP contribution in [0.1, 0.15) is 68.9 Å². The average molecular weight is 469 g/mol. The van der Waals surface area contributed by atoms with Crippen molar-refractivity contribution in [3.63, 3.8) is 0 Å². The number of hydrogen-bond donors (Lipinski definition) is 1. The van der Waals surface area contributed by atoms with Crippen LogP contribution in [0, 0.1) is 11.8 Å². The molecule has 6 heteroatoms. The molecule has 0 aromatic heterocycles. The van der Waals surface area contributed by atoms with E-state index in [0.717, 1.165) is 43.5 Å². The first-order chi connectivity index (χ1) is 16.7. The molecule has 0 spiro atoms. The van der Waals surface area contributed by atoms with E-state index in [1.165, 1.54) is 51.6 Å². The molecular formula is C28H40N2O4. The van der Waals surface area contributed by atoms with Crippen LogP contribution in [0.25, 0.3) is 0 Å². The molecule has 1 N–H and O–H groups in total. The Bertz CT molecular complexity index is 836. The molecule has 0 radical (unpaired) electrons. The Labute approximate surface area is 203 Å². The van der Waals surface area contributed by atoms with E-state index >= 15 is 0 Å². The number of benzene rings is 1. The molecule has 0 bridgehead atoms. The molecule has 3 aliphatic heterocycles. The zero-order valence-electron chi connectivity index (χ0n) is 20.4. The summed E-state index contributed by atoms with van der Waals surface area (Å²) in [6, 6.07) is 8.42. The van der Waals surface area contributed by atoms with E-state index in [1.807, 2.05) is 29.2 Å². The topological polar surface area (TPSA) is 62.2 Å². The number of amides is 1. The molecular weight excluding hydrogens is 428 g/mol. The first kappa shape index (κ1) is 23.8. The van der Waals surface area contributed by atoms with Crippen molar-refractivity contribution in [1.82, 2.24) is 9.80 Å². The molecule has 3 heterocycles. The molecule has 3 fully saturated rings. The van der Waals surface area contributed by atoms with E-state index < -0.39 is 6.29 Å². The highest BCUT2D eigenvalue weighted by Gasteiger charge is 2.37. The highest BCUT2D eigenvalue weighted by Crippen LogP contribution is 2.40. The van der Waals surface area contributed by atoms with E-state index in [2.05, 4.69) is 11.0 Å². The monoisotopic (exact) mass is 468 g/mol. The lowest BCUT2D eigenvalue weighted by Crippen LogP contribution is -2.49. The first-order valence-electron chi connectivity index (χ1n) is 13.4. The van der Waals surface area contributed by atoms with Gasteiger partial charge in [-0.3, -0.25) is 4.79 Å². The predicted octanol–water partition coefficient (Wildman–Crippen LogP) is 4.22. The lowest BCUT2D eigenvalue weighted by molar-refractivity contribution is -0.162. The van der Waals surface area contributed by atoms with Crippen molar-refractivity contribution in [2.24, 2.45) is 11.8 Å². The van der Waals surface area contributed by atoms with Crippen LogP contribution in [-0.4, -0.2) is 59.3 Å². The highest BCUT2D eigenvalue weighted by molar-refractivity contribution is 5.91. The third kappa shape index (κ3) is 5.67. The van der Waals surface area contributed by atoms with Gasteiger partial charge in [-0.05, 0) is 80.7 Å². The number of carbonyl (C=O) groups is 1. The van der Waals surface area contributed by atoms with Gasteiger partial charge in [-0.25, -0.2) is 0 Å². The van der Waals surface area contributed by atoms with Crippen LogP contribution >= 0.6 is 0 Å². The van der Waals surface area contributed by atoms with Crippen molar-refractivity contribution in [1.29, 1.82) is 0 Å². The summed E-state index contributed by atoms with van der Waals surface area (Å²) in [6.07, 6.45) is 12.4. The molecule has 34 heavy (non-hydrogen) atoms. The number of piperidine rings is 2. The molecule has 5 rings (SSSR count). The van der Waals surface area contributed by atoms with Gasteiger partial charge in [0.15, 0.2) is 5.76 Å². The van der Waals surface area contributed by atoms with Gasteiger partial charge in [-0.2, -0.15) is 0 Å². The maximum atomic E-state index is 13.4. The predicted molar refractivity (Wildman–Crippen MR) is 131 cm³/mol. The zero-order chi connectivity index (χ0) is 23.3. The summed E-state index contributed by atoms with van der Waals surface area (Å²) in [5.74, 6) is 1.54. The van der Waals surface area contributed by atoms with Crippen LogP contribution < -0.4 is 0 Å². The van der Waals surface area contributed by atoms with Gasteiger partial charge in [0.05, 0.1) is 13.2 Å². The lowest BCUT2D eigenvalue weighted by Gasteiger charge is -2.41. The molecule has 2 atom stereocenters. The van der Waals surface area contributed by atoms with E-state index in [1.54, 1.807) is 0 Å². The normalized spacial score (nSPS) is 27.1. The third-order valence-electron chi connectivity index (χ3n) is 8.35. The number of aliphatic hydroxyl groups is 1. The lowest BCUT2D eigenvalue weighted by atomic mass is 9.73. The van der Waals surface area contributed by atoms with E-state index in [0.29, 0.717) is 30.2 Å². The van der Waals surface area contributed by atoms with Gasteiger partial charge in [-0.1, -0.05) is 37.1 Å². The van der Waals surface area contributed by atoms with E-state index in [4.69, 9.17) is 9.47 Å². The van der Waals surface area contributed by atoms with Gasteiger partial charge in [0.25, 0.3) is 5.91 Å². The number of carbonyl (C=O) groups excluding carboxylic acids is 1. The number of hydrogen-bond acceptors (Lipinski definition) is 5. The Morgan fingerprint density at radius 1 is 0.941 bits per heavy atom. The molecule has 1 saturated carbocycles. The number of ether oxygens (including phenoxy) is 2. The smallest absolute Gasteiger partial charge is 0.288 e. The maximum Gasteiger partial charge on any atom is 0.288 e. The van der Waals surface area contributed by atoms with Crippen LogP contribution in [0.3, 0.4) is 0 Å². The minimum atomic E-state index is -0.391. The molecule has 1 amide bonds. The Hall–Kier alpha value is -1.89. The van der Waals surface area contributed by atoms with Crippen LogP contribution in [-0.2, 0) is 27.5 Å². The van der Waals surface area contributed by atoms with Crippen molar-refractivity contribution in [2.75, 3.05) is 26.2 Å². The second kappa shape index (κ2) is 11.2. The van der Waals surface area contributed by atoms with Crippen LogP contribution in [0.2, 0.25) is 0 Å². The minimum absolute atomic E-state index is 0.0431. The average Bonchev–Trinajstić information content (AvgIpc) is 2.87. The highest BCUT2D eigenvalue weighted by atomic mass is 16.7. The zero-order valence-corrected chi connectivity index (χ0v) is 20.4. The van der Waals surface area contributed by atoms with Crippen molar-refractivity contribution >= 4 is 5.91 Å². The van der Waals surface area contributed by atoms with E-state index in [-0.39, 0.29) is 12.5 Å². The molecule has 6 nitrogen and oxygen atoms in total. The van der Waals surface area contributed by atoms with Crippen LogP contribution in [0.5, 0.6) is 0 Å². The van der Waals surface area contributed by atoms with Crippen molar-refractivity contribution < 1.29 is 19.4 Å². The van der Waals surface area contributed by atoms with Crippen molar-refractivity contribution in [3.8, 4) is 0 Å². The fourth-order valence-corrected chi connectivity index (χ4v) is 5.94. The van der Waals surface area contributed by atoms with Gasteiger partial charge < -0.3 is 24.4 Å². The number of allylic oxidation sites excluding steroid dienone is 1. The van der Waals surface area contributed by atoms with Crippen molar-refractivity contribution in [3.05, 3.63) is 47.2 Å². The number of rotatable bonds is 7. The standard InChI is InChI=1S/C28H40N2O4/c31-19-21-7-9-22(10-8-21)20-33-27-18-24(23-5-4-6-23)17-26(34-27)28(32)30-15-11-25(12-16-30)29-13-2-1-3-14-29/h7-10,17,23-25,27,31H,1-6,11-16,18-20H2/t24-,27+/m1/s1. The Kier molecular flexibility index (Phi) is 7.87. The van der Waals surface area contributed by atoms with Gasteiger partial charge in [0, 0.05) is 25.6 Å². The summed E-state index contributed by atoms with van der Waals surface area (Å²) in [4.78, 5) is 18.1. The Morgan fingerprint density at radius 3 is 2.29 bits per heavy atom. The maximum absolute atomic E-state index is 13.4. The number of likely N-dealkylation sites (tertiary alicyclic amines) is 2. The van der Waals surface area contributed by atoms with Crippen LogP contribution in [0.4, 0.5) is 0 Å². The first-order valence-corrected chi connectivity index (χ1v) is 13.4. The molecule has 4 aliphatic rings. The van der Waals surface area contributed by atoms with Crippen LogP contribution in [0.15, 0.2) is 36.1 Å². The Balaban J connectivity index is 1.18. The van der Waals surface area contributed by atoms with Crippen molar-refractivity contribution in [2.45, 2.75) is 83.3 Å².